The third-order valence-corrected chi connectivity index (χ3v) is 4.49. The van der Waals surface area contributed by atoms with Crippen LogP contribution in [0.3, 0.4) is 0 Å². The Bertz CT molecular complexity index is 487. The quantitative estimate of drug-likeness (QED) is 0.589. The van der Waals surface area contributed by atoms with Gasteiger partial charge in [0.1, 0.15) is 5.75 Å². The van der Waals surface area contributed by atoms with E-state index in [1.807, 2.05) is 0 Å². The van der Waals surface area contributed by atoms with Crippen LogP contribution >= 0.6 is 0 Å². The molecule has 1 rings (SSSR count). The fourth-order valence-corrected chi connectivity index (χ4v) is 3.12. The van der Waals surface area contributed by atoms with Crippen LogP contribution in [0.25, 0.3) is 0 Å². The van der Waals surface area contributed by atoms with Crippen LogP contribution in [-0.2, 0) is 16.2 Å². The summed E-state index contributed by atoms with van der Waals surface area (Å²) in [6.07, 6.45) is 0. The summed E-state index contributed by atoms with van der Waals surface area (Å²) in [5.74, 6) is 1.13. The van der Waals surface area contributed by atoms with Crippen molar-refractivity contribution in [3.05, 3.63) is 28.8 Å². The smallest absolute Gasteiger partial charge is 0.274 e. The minimum absolute atomic E-state index is 0.0773. The Morgan fingerprint density at radius 3 is 1.27 bits per heavy atom. The number of rotatable bonds is 2. The highest BCUT2D eigenvalue weighted by Gasteiger charge is 2.30. The monoisotopic (exact) mass is 319 g/mol. The SMILES string of the molecule is C[Si](C)Oc1c(C(C)(C)C)cc(C(C)(C)C)cc1C(C)(C)C. The molecule has 0 bridgehead atoms. The number of hydrogen-bond acceptors (Lipinski definition) is 1. The second-order valence-electron chi connectivity index (χ2n) is 9.66. The van der Waals surface area contributed by atoms with Crippen molar-refractivity contribution in [3.63, 3.8) is 0 Å². The summed E-state index contributed by atoms with van der Waals surface area (Å²) in [5, 5.41) is 0. The Morgan fingerprint density at radius 1 is 0.682 bits per heavy atom. The Hall–Kier alpha value is -0.763. The summed E-state index contributed by atoms with van der Waals surface area (Å²) in [4.78, 5) is 0. The van der Waals surface area contributed by atoms with Crippen molar-refractivity contribution < 1.29 is 4.43 Å². The summed E-state index contributed by atoms with van der Waals surface area (Å²) in [7, 11) is -0.798. The number of hydrogen-bond donors (Lipinski definition) is 0. The lowest BCUT2D eigenvalue weighted by Crippen LogP contribution is -2.25. The molecule has 0 atom stereocenters. The van der Waals surface area contributed by atoms with E-state index in [9.17, 15) is 0 Å². The molecule has 1 nitrogen and oxygen atoms in total. The molecule has 2 heteroatoms. The van der Waals surface area contributed by atoms with E-state index < -0.39 is 9.04 Å². The van der Waals surface area contributed by atoms with E-state index in [0.717, 1.165) is 5.75 Å². The first-order valence-corrected chi connectivity index (χ1v) is 10.7. The maximum absolute atomic E-state index is 6.40. The van der Waals surface area contributed by atoms with Crippen molar-refractivity contribution in [1.29, 1.82) is 0 Å². The fourth-order valence-electron chi connectivity index (χ4n) is 2.49. The Kier molecular flexibility index (Phi) is 5.29. The van der Waals surface area contributed by atoms with Gasteiger partial charge in [0.2, 0.25) is 0 Å². The second kappa shape index (κ2) is 6.03. The van der Waals surface area contributed by atoms with Gasteiger partial charge in [0, 0.05) is 0 Å². The highest BCUT2D eigenvalue weighted by molar-refractivity contribution is 6.49. The van der Waals surface area contributed by atoms with Crippen molar-refractivity contribution in [2.45, 2.75) is 91.7 Å². The van der Waals surface area contributed by atoms with Crippen molar-refractivity contribution in [2.24, 2.45) is 0 Å². The second-order valence-corrected chi connectivity index (χ2v) is 11.7. The summed E-state index contributed by atoms with van der Waals surface area (Å²) >= 11 is 0. The van der Waals surface area contributed by atoms with E-state index in [4.69, 9.17) is 4.43 Å². The Labute approximate surface area is 140 Å². The van der Waals surface area contributed by atoms with Crippen LogP contribution in [0, 0.1) is 0 Å². The summed E-state index contributed by atoms with van der Waals surface area (Å²) < 4.78 is 6.40. The van der Waals surface area contributed by atoms with Crippen molar-refractivity contribution in [3.8, 4) is 5.75 Å². The molecule has 0 aliphatic heterocycles. The topological polar surface area (TPSA) is 9.23 Å². The minimum Gasteiger partial charge on any atom is -0.542 e. The van der Waals surface area contributed by atoms with E-state index in [1.54, 1.807) is 0 Å². The molecule has 1 aromatic rings. The molecular weight excluding hydrogens is 284 g/mol. The van der Waals surface area contributed by atoms with Gasteiger partial charge in [-0.25, -0.2) is 0 Å². The molecule has 0 aliphatic rings. The number of benzene rings is 1. The van der Waals surface area contributed by atoms with Gasteiger partial charge in [0.05, 0.1) is 0 Å². The molecule has 0 aromatic heterocycles. The van der Waals surface area contributed by atoms with E-state index in [-0.39, 0.29) is 16.2 Å². The van der Waals surface area contributed by atoms with Gasteiger partial charge in [-0.15, -0.1) is 0 Å². The Balaban J connectivity index is 3.78. The minimum atomic E-state index is -0.798. The molecule has 1 radical (unpaired) electrons. The lowest BCUT2D eigenvalue weighted by molar-refractivity contribution is 0.481. The standard InChI is InChI=1S/C20H35OSi/c1-18(2,3)14-12-15(19(4,5)6)17(21-22(10)11)16(13-14)20(7,8)9/h12-13H,1-11H3. The first-order valence-electron chi connectivity index (χ1n) is 8.31. The molecule has 0 fully saturated rings. The summed E-state index contributed by atoms with van der Waals surface area (Å²) in [6.45, 7) is 25.0. The van der Waals surface area contributed by atoms with Gasteiger partial charge in [0.15, 0.2) is 0 Å². The zero-order valence-electron chi connectivity index (χ0n) is 16.6. The van der Waals surface area contributed by atoms with Crippen LogP contribution in [0.5, 0.6) is 5.75 Å². The van der Waals surface area contributed by atoms with Crippen molar-refractivity contribution >= 4 is 9.04 Å². The molecule has 0 aliphatic carbocycles. The lowest BCUT2D eigenvalue weighted by atomic mass is 9.75. The molecule has 1 aromatic carbocycles. The van der Waals surface area contributed by atoms with Crippen molar-refractivity contribution in [1.82, 2.24) is 0 Å². The molecule has 0 saturated carbocycles. The molecular formula is C20H35OSi. The molecule has 0 saturated heterocycles. The fraction of sp³-hybridized carbons (Fsp3) is 0.700. The summed E-state index contributed by atoms with van der Waals surface area (Å²) in [6, 6.07) is 4.74. The molecule has 22 heavy (non-hydrogen) atoms. The summed E-state index contributed by atoms with van der Waals surface area (Å²) in [5.41, 5.74) is 4.38. The average Bonchev–Trinajstić information content (AvgIpc) is 2.23. The van der Waals surface area contributed by atoms with Gasteiger partial charge >= 0.3 is 0 Å². The van der Waals surface area contributed by atoms with Crippen LogP contribution in [0.4, 0.5) is 0 Å². The molecule has 0 spiro atoms. The molecule has 0 N–H and O–H groups in total. The molecule has 0 heterocycles. The largest absolute Gasteiger partial charge is 0.542 e. The normalized spacial score (nSPS) is 13.6. The van der Waals surface area contributed by atoms with Gasteiger partial charge < -0.3 is 4.43 Å². The van der Waals surface area contributed by atoms with Crippen LogP contribution < -0.4 is 4.43 Å². The zero-order valence-corrected chi connectivity index (χ0v) is 17.6. The van der Waals surface area contributed by atoms with Crippen LogP contribution in [-0.4, -0.2) is 9.04 Å². The predicted octanol–water partition coefficient (Wildman–Crippen LogP) is 6.21. The van der Waals surface area contributed by atoms with Crippen LogP contribution in [0.2, 0.25) is 13.1 Å². The van der Waals surface area contributed by atoms with Crippen molar-refractivity contribution in [2.75, 3.05) is 0 Å². The first-order chi connectivity index (χ1) is 9.64. The van der Waals surface area contributed by atoms with E-state index >= 15 is 0 Å². The van der Waals surface area contributed by atoms with Gasteiger partial charge in [-0.05, 0) is 46.0 Å². The maximum Gasteiger partial charge on any atom is 0.274 e. The van der Waals surface area contributed by atoms with Gasteiger partial charge in [-0.2, -0.15) is 0 Å². The van der Waals surface area contributed by atoms with Gasteiger partial charge in [-0.3, -0.25) is 0 Å². The van der Waals surface area contributed by atoms with Gasteiger partial charge in [-0.1, -0.05) is 74.4 Å². The average molecular weight is 320 g/mol. The van der Waals surface area contributed by atoms with Crippen LogP contribution in [0.15, 0.2) is 12.1 Å². The third-order valence-electron chi connectivity index (χ3n) is 3.88. The van der Waals surface area contributed by atoms with Crippen LogP contribution in [0.1, 0.15) is 79.0 Å². The highest BCUT2D eigenvalue weighted by Crippen LogP contribution is 2.43. The predicted molar refractivity (Wildman–Crippen MR) is 101 cm³/mol. The Morgan fingerprint density at radius 2 is 1.05 bits per heavy atom. The van der Waals surface area contributed by atoms with E-state index in [0.29, 0.717) is 0 Å². The maximum atomic E-state index is 6.40. The molecule has 0 unspecified atom stereocenters. The lowest BCUT2D eigenvalue weighted by Gasteiger charge is -2.33. The highest BCUT2D eigenvalue weighted by atomic mass is 28.3. The molecule has 125 valence electrons. The zero-order chi connectivity index (χ0) is 17.5. The third kappa shape index (κ3) is 4.61. The van der Waals surface area contributed by atoms with Gasteiger partial charge in [0.25, 0.3) is 9.04 Å². The molecule has 0 amide bonds. The first kappa shape index (κ1) is 19.3. The van der Waals surface area contributed by atoms with E-state index in [1.165, 1.54) is 16.7 Å². The van der Waals surface area contributed by atoms with E-state index in [2.05, 4.69) is 87.5 Å².